The average Bonchev–Trinajstić information content (AvgIpc) is 2.35. The van der Waals surface area contributed by atoms with Crippen molar-refractivity contribution in [3.63, 3.8) is 0 Å². The first kappa shape index (κ1) is 13.0. The van der Waals surface area contributed by atoms with Gasteiger partial charge < -0.3 is 4.74 Å². The molecular formula is C13H15BrF2O. The van der Waals surface area contributed by atoms with Crippen molar-refractivity contribution >= 4 is 15.9 Å². The van der Waals surface area contributed by atoms with Gasteiger partial charge in [0, 0.05) is 23.6 Å². The fraction of sp³-hybridized carbons (Fsp3) is 0.538. The zero-order valence-corrected chi connectivity index (χ0v) is 11.1. The molecule has 0 N–H and O–H groups in total. The summed E-state index contributed by atoms with van der Waals surface area (Å²) in [5, 5.41) is 0. The second-order valence-corrected chi connectivity index (χ2v) is 5.55. The van der Waals surface area contributed by atoms with Crippen molar-refractivity contribution in [1.82, 2.24) is 0 Å². The van der Waals surface area contributed by atoms with Crippen LogP contribution in [0.25, 0.3) is 0 Å². The Bertz CT molecular complexity index is 357. The van der Waals surface area contributed by atoms with E-state index in [4.69, 9.17) is 4.74 Å². The minimum atomic E-state index is -0.457. The lowest BCUT2D eigenvalue weighted by Gasteiger charge is -2.26. The first-order valence-electron chi connectivity index (χ1n) is 5.83. The highest BCUT2D eigenvalue weighted by Gasteiger charge is 2.24. The summed E-state index contributed by atoms with van der Waals surface area (Å²) in [4.78, 5) is 0.109. The summed E-state index contributed by atoms with van der Waals surface area (Å²) in [6.45, 7) is 1.49. The molecule has 1 nitrogen and oxygen atoms in total. The van der Waals surface area contributed by atoms with Gasteiger partial charge in [0.1, 0.15) is 11.6 Å². The van der Waals surface area contributed by atoms with Gasteiger partial charge in [-0.05, 0) is 37.3 Å². The van der Waals surface area contributed by atoms with Crippen LogP contribution in [0.1, 0.15) is 18.4 Å². The van der Waals surface area contributed by atoms with Gasteiger partial charge >= 0.3 is 0 Å². The highest BCUT2D eigenvalue weighted by Crippen LogP contribution is 2.28. The lowest BCUT2D eigenvalue weighted by Crippen LogP contribution is -2.25. The molecule has 4 heteroatoms. The van der Waals surface area contributed by atoms with E-state index in [-0.39, 0.29) is 10.4 Å². The first-order chi connectivity index (χ1) is 8.18. The van der Waals surface area contributed by atoms with E-state index >= 15 is 0 Å². The fourth-order valence-electron chi connectivity index (χ4n) is 2.17. The molecule has 1 heterocycles. The van der Waals surface area contributed by atoms with Crippen molar-refractivity contribution in [2.24, 2.45) is 5.92 Å². The van der Waals surface area contributed by atoms with E-state index in [9.17, 15) is 8.78 Å². The Morgan fingerprint density at radius 1 is 1.24 bits per heavy atom. The van der Waals surface area contributed by atoms with Crippen LogP contribution in [0.2, 0.25) is 0 Å². The molecule has 0 radical (unpaired) electrons. The third-order valence-corrected chi connectivity index (χ3v) is 4.31. The second-order valence-electron chi connectivity index (χ2n) is 4.37. The number of alkyl halides is 1. The zero-order chi connectivity index (χ0) is 12.3. The van der Waals surface area contributed by atoms with E-state index in [1.54, 1.807) is 0 Å². The van der Waals surface area contributed by atoms with Crippen molar-refractivity contribution < 1.29 is 13.5 Å². The molecular weight excluding hydrogens is 290 g/mol. The molecule has 2 rings (SSSR count). The molecule has 0 saturated carbocycles. The summed E-state index contributed by atoms with van der Waals surface area (Å²) in [5.74, 6) is -0.481. The number of hydrogen-bond donors (Lipinski definition) is 0. The molecule has 1 fully saturated rings. The highest BCUT2D eigenvalue weighted by molar-refractivity contribution is 9.09. The predicted octanol–water partition coefficient (Wildman–Crippen LogP) is 3.70. The lowest BCUT2D eigenvalue weighted by atomic mass is 9.92. The predicted molar refractivity (Wildman–Crippen MR) is 66.3 cm³/mol. The van der Waals surface area contributed by atoms with Crippen LogP contribution < -0.4 is 0 Å². The largest absolute Gasteiger partial charge is 0.381 e. The molecule has 1 aliphatic heterocycles. The molecule has 0 aliphatic carbocycles. The van der Waals surface area contributed by atoms with Gasteiger partial charge in [0.25, 0.3) is 0 Å². The fourth-order valence-corrected chi connectivity index (χ4v) is 3.02. The van der Waals surface area contributed by atoms with Crippen molar-refractivity contribution in [1.29, 1.82) is 0 Å². The highest BCUT2D eigenvalue weighted by atomic mass is 79.9. The van der Waals surface area contributed by atoms with E-state index in [2.05, 4.69) is 15.9 Å². The van der Waals surface area contributed by atoms with E-state index in [1.165, 1.54) is 18.2 Å². The summed E-state index contributed by atoms with van der Waals surface area (Å²) < 4.78 is 32.3. The minimum Gasteiger partial charge on any atom is -0.381 e. The maximum Gasteiger partial charge on any atom is 0.129 e. The third-order valence-electron chi connectivity index (χ3n) is 3.24. The maximum absolute atomic E-state index is 13.5. The molecule has 0 amide bonds. The van der Waals surface area contributed by atoms with Crippen molar-refractivity contribution in [2.45, 2.75) is 24.1 Å². The van der Waals surface area contributed by atoms with Gasteiger partial charge in [-0.3, -0.25) is 0 Å². The summed E-state index contributed by atoms with van der Waals surface area (Å²) in [6, 6.07) is 4.01. The standard InChI is InChI=1S/C13H15BrF2O/c14-11(9-4-6-17-7-5-9)8-10-12(15)2-1-3-13(10)16/h1-3,9,11H,4-8H2. The molecule has 17 heavy (non-hydrogen) atoms. The smallest absolute Gasteiger partial charge is 0.129 e. The molecule has 0 aromatic heterocycles. The molecule has 0 bridgehead atoms. The molecule has 1 aliphatic rings. The summed E-state index contributed by atoms with van der Waals surface area (Å²) in [5.41, 5.74) is 0.181. The van der Waals surface area contributed by atoms with Gasteiger partial charge in [-0.1, -0.05) is 22.0 Å². The quantitative estimate of drug-likeness (QED) is 0.774. The first-order valence-corrected chi connectivity index (χ1v) is 6.74. The molecule has 0 spiro atoms. The number of benzene rings is 1. The Morgan fingerprint density at radius 2 is 1.82 bits per heavy atom. The molecule has 94 valence electrons. The monoisotopic (exact) mass is 304 g/mol. The molecule has 1 aromatic carbocycles. The van der Waals surface area contributed by atoms with Crippen LogP contribution in [0.3, 0.4) is 0 Å². The number of ether oxygens (including phenoxy) is 1. The lowest BCUT2D eigenvalue weighted by molar-refractivity contribution is 0.0661. The molecule has 1 saturated heterocycles. The average molecular weight is 305 g/mol. The Kier molecular flexibility index (Phi) is 4.51. The van der Waals surface area contributed by atoms with Gasteiger partial charge in [0.2, 0.25) is 0 Å². The van der Waals surface area contributed by atoms with Gasteiger partial charge in [-0.15, -0.1) is 0 Å². The Hall–Kier alpha value is -0.480. The van der Waals surface area contributed by atoms with E-state index < -0.39 is 11.6 Å². The van der Waals surface area contributed by atoms with Gasteiger partial charge in [0.15, 0.2) is 0 Å². The van der Waals surface area contributed by atoms with Crippen LogP contribution >= 0.6 is 15.9 Å². The van der Waals surface area contributed by atoms with Crippen molar-refractivity contribution in [3.8, 4) is 0 Å². The van der Waals surface area contributed by atoms with Gasteiger partial charge in [-0.25, -0.2) is 8.78 Å². The Morgan fingerprint density at radius 3 is 2.41 bits per heavy atom. The number of halogens is 3. The van der Waals surface area contributed by atoms with Crippen LogP contribution in [0.5, 0.6) is 0 Å². The van der Waals surface area contributed by atoms with E-state index in [1.807, 2.05) is 0 Å². The van der Waals surface area contributed by atoms with E-state index in [0.29, 0.717) is 12.3 Å². The maximum atomic E-state index is 13.5. The third kappa shape index (κ3) is 3.26. The normalized spacial score (nSPS) is 19.2. The van der Waals surface area contributed by atoms with Gasteiger partial charge in [-0.2, -0.15) is 0 Å². The number of rotatable bonds is 3. The Balaban J connectivity index is 2.04. The van der Waals surface area contributed by atoms with Gasteiger partial charge in [0.05, 0.1) is 0 Å². The second kappa shape index (κ2) is 5.91. The molecule has 1 atom stereocenters. The summed E-state index contributed by atoms with van der Waals surface area (Å²) in [7, 11) is 0. The van der Waals surface area contributed by atoms with Crippen molar-refractivity contribution in [3.05, 3.63) is 35.4 Å². The zero-order valence-electron chi connectivity index (χ0n) is 9.46. The van der Waals surface area contributed by atoms with E-state index in [0.717, 1.165) is 26.1 Å². The van der Waals surface area contributed by atoms with Crippen LogP contribution in [-0.4, -0.2) is 18.0 Å². The van der Waals surface area contributed by atoms with Crippen LogP contribution in [0, 0.1) is 17.6 Å². The number of hydrogen-bond acceptors (Lipinski definition) is 1. The topological polar surface area (TPSA) is 9.23 Å². The van der Waals surface area contributed by atoms with Crippen molar-refractivity contribution in [2.75, 3.05) is 13.2 Å². The van der Waals surface area contributed by atoms with Crippen LogP contribution in [0.4, 0.5) is 8.78 Å². The SMILES string of the molecule is Fc1cccc(F)c1CC(Br)C1CCOCC1. The van der Waals surface area contributed by atoms with Crippen LogP contribution in [-0.2, 0) is 11.2 Å². The Labute approximate surface area is 108 Å². The van der Waals surface area contributed by atoms with Crippen LogP contribution in [0.15, 0.2) is 18.2 Å². The summed E-state index contributed by atoms with van der Waals surface area (Å²) in [6.07, 6.45) is 2.29. The molecule has 1 unspecified atom stereocenters. The minimum absolute atomic E-state index is 0.109. The molecule has 1 aromatic rings. The summed E-state index contributed by atoms with van der Waals surface area (Å²) >= 11 is 3.56.